The van der Waals surface area contributed by atoms with Crippen LogP contribution >= 0.6 is 0 Å². The summed E-state index contributed by atoms with van der Waals surface area (Å²) >= 11 is 0. The highest BCUT2D eigenvalue weighted by Gasteiger charge is 2.25. The minimum atomic E-state index is -0.960. The molecule has 31 heavy (non-hydrogen) atoms. The smallest absolute Gasteiger partial charge is 0.363 e. The van der Waals surface area contributed by atoms with E-state index in [9.17, 15) is 9.59 Å². The Hall–Kier alpha value is -3.61. The molecule has 0 unspecified atom stereocenters. The minimum absolute atomic E-state index is 0.0168. The van der Waals surface area contributed by atoms with Gasteiger partial charge in [-0.3, -0.25) is 4.79 Å². The molecule has 0 aliphatic heterocycles. The third-order valence-electron chi connectivity index (χ3n) is 4.87. The van der Waals surface area contributed by atoms with E-state index in [4.69, 9.17) is 9.47 Å². The van der Waals surface area contributed by atoms with Gasteiger partial charge in [-0.25, -0.2) is 9.48 Å². The molecule has 0 radical (unpaired) electrons. The number of amides is 1. The first-order chi connectivity index (χ1) is 15.0. The van der Waals surface area contributed by atoms with Gasteiger partial charge < -0.3 is 14.8 Å². The van der Waals surface area contributed by atoms with Gasteiger partial charge in [-0.05, 0) is 44.4 Å². The third kappa shape index (κ3) is 5.94. The van der Waals surface area contributed by atoms with Gasteiger partial charge in [0.2, 0.25) is 5.69 Å². The Balaban J connectivity index is 1.57. The molecule has 0 saturated carbocycles. The number of hydrogen-bond donors (Lipinski definition) is 1. The number of carbonyl (C=O) groups excluding carboxylic acids is 2. The summed E-state index contributed by atoms with van der Waals surface area (Å²) in [6.45, 7) is 3.47. The van der Waals surface area contributed by atoms with Gasteiger partial charge in [0.1, 0.15) is 0 Å². The van der Waals surface area contributed by atoms with Crippen LogP contribution in [0.25, 0.3) is 5.69 Å². The van der Waals surface area contributed by atoms with Crippen LogP contribution in [0, 0.1) is 0 Å². The van der Waals surface area contributed by atoms with E-state index in [2.05, 4.69) is 22.5 Å². The van der Waals surface area contributed by atoms with Crippen LogP contribution in [0.1, 0.15) is 36.3 Å². The van der Waals surface area contributed by atoms with Crippen LogP contribution in [-0.2, 0) is 16.0 Å². The molecule has 0 fully saturated rings. The molecule has 0 saturated heterocycles. The van der Waals surface area contributed by atoms with Crippen molar-refractivity contribution in [3.63, 3.8) is 0 Å². The lowest BCUT2D eigenvalue weighted by Gasteiger charge is -2.18. The SMILES string of the molecule is COc1cn(-c2ccccc2)nc1C(=O)O[C@@H](C)C(=O)N[C@@H](C)CCc1ccccc1. The van der Waals surface area contributed by atoms with Crippen molar-refractivity contribution in [2.75, 3.05) is 7.11 Å². The fourth-order valence-electron chi connectivity index (χ4n) is 3.09. The zero-order chi connectivity index (χ0) is 22.2. The van der Waals surface area contributed by atoms with Crippen LogP contribution in [0.5, 0.6) is 5.75 Å². The number of ether oxygens (including phenoxy) is 2. The van der Waals surface area contributed by atoms with Gasteiger partial charge in [0.25, 0.3) is 5.91 Å². The summed E-state index contributed by atoms with van der Waals surface area (Å²) < 4.78 is 12.1. The van der Waals surface area contributed by atoms with Gasteiger partial charge in [-0.2, -0.15) is 5.10 Å². The molecule has 0 spiro atoms. The molecule has 1 aromatic heterocycles. The summed E-state index contributed by atoms with van der Waals surface area (Å²) in [6, 6.07) is 19.4. The Morgan fingerprint density at radius 2 is 1.68 bits per heavy atom. The number of aryl methyl sites for hydroxylation is 1. The van der Waals surface area contributed by atoms with E-state index in [1.165, 1.54) is 24.3 Å². The van der Waals surface area contributed by atoms with Gasteiger partial charge in [-0.15, -0.1) is 0 Å². The lowest BCUT2D eigenvalue weighted by atomic mass is 10.1. The highest BCUT2D eigenvalue weighted by Crippen LogP contribution is 2.20. The van der Waals surface area contributed by atoms with Gasteiger partial charge >= 0.3 is 5.97 Å². The van der Waals surface area contributed by atoms with E-state index in [-0.39, 0.29) is 23.4 Å². The van der Waals surface area contributed by atoms with Gasteiger partial charge in [0.15, 0.2) is 11.9 Å². The lowest BCUT2D eigenvalue weighted by Crippen LogP contribution is -2.41. The van der Waals surface area contributed by atoms with Crippen LogP contribution in [0.3, 0.4) is 0 Å². The Bertz CT molecular complexity index is 1000. The fraction of sp³-hybridized carbons (Fsp3) is 0.292. The summed E-state index contributed by atoms with van der Waals surface area (Å²) in [5, 5.41) is 7.17. The van der Waals surface area contributed by atoms with Crippen molar-refractivity contribution in [1.82, 2.24) is 15.1 Å². The van der Waals surface area contributed by atoms with Crippen molar-refractivity contribution in [3.05, 3.63) is 78.1 Å². The maximum atomic E-state index is 12.6. The maximum Gasteiger partial charge on any atom is 0.363 e. The summed E-state index contributed by atoms with van der Waals surface area (Å²) in [7, 11) is 1.45. The van der Waals surface area contributed by atoms with Crippen LogP contribution in [0.15, 0.2) is 66.9 Å². The normalized spacial score (nSPS) is 12.6. The zero-order valence-electron chi connectivity index (χ0n) is 17.9. The molecule has 162 valence electrons. The van der Waals surface area contributed by atoms with Gasteiger partial charge in [0, 0.05) is 6.04 Å². The summed E-state index contributed by atoms with van der Waals surface area (Å²) in [5.41, 5.74) is 2.00. The number of rotatable bonds is 9. The highest BCUT2D eigenvalue weighted by molar-refractivity contribution is 5.93. The first-order valence-corrected chi connectivity index (χ1v) is 10.2. The predicted molar refractivity (Wildman–Crippen MR) is 117 cm³/mol. The number of nitrogens with one attached hydrogen (secondary N) is 1. The van der Waals surface area contributed by atoms with Crippen LogP contribution in [0.2, 0.25) is 0 Å². The first-order valence-electron chi connectivity index (χ1n) is 10.2. The van der Waals surface area contributed by atoms with Crippen molar-refractivity contribution in [1.29, 1.82) is 0 Å². The average Bonchev–Trinajstić information content (AvgIpc) is 3.23. The van der Waals surface area contributed by atoms with Crippen molar-refractivity contribution in [2.24, 2.45) is 0 Å². The Labute approximate surface area is 182 Å². The van der Waals surface area contributed by atoms with E-state index in [1.54, 1.807) is 6.20 Å². The number of carbonyl (C=O) groups is 2. The minimum Gasteiger partial charge on any atom is -0.493 e. The number of aromatic nitrogens is 2. The second-order valence-corrected chi connectivity index (χ2v) is 7.31. The van der Waals surface area contributed by atoms with Crippen LogP contribution in [0.4, 0.5) is 0 Å². The summed E-state index contributed by atoms with van der Waals surface area (Å²) in [5.74, 6) is -0.792. The summed E-state index contributed by atoms with van der Waals surface area (Å²) in [4.78, 5) is 25.1. The molecule has 0 aliphatic carbocycles. The quantitative estimate of drug-likeness (QED) is 0.534. The lowest BCUT2D eigenvalue weighted by molar-refractivity contribution is -0.129. The molecule has 2 aromatic carbocycles. The molecule has 0 bridgehead atoms. The molecule has 3 rings (SSSR count). The van der Waals surface area contributed by atoms with E-state index >= 15 is 0 Å². The zero-order valence-corrected chi connectivity index (χ0v) is 17.9. The number of nitrogens with zero attached hydrogens (tertiary/aromatic N) is 2. The molecule has 0 aliphatic rings. The monoisotopic (exact) mass is 421 g/mol. The van der Waals surface area contributed by atoms with Crippen molar-refractivity contribution < 1.29 is 19.1 Å². The Morgan fingerprint density at radius 1 is 1.03 bits per heavy atom. The standard InChI is InChI=1S/C24H27N3O4/c1-17(14-15-19-10-6-4-7-11-19)25-23(28)18(2)31-24(29)22-21(30-3)16-27(26-22)20-12-8-5-9-13-20/h4-13,16-18H,14-15H2,1-3H3,(H,25,28)/t17-,18-/m0/s1. The molecule has 1 amide bonds. The highest BCUT2D eigenvalue weighted by atomic mass is 16.6. The van der Waals surface area contributed by atoms with Gasteiger partial charge in [0.05, 0.1) is 19.0 Å². The van der Waals surface area contributed by atoms with Crippen molar-refractivity contribution in [3.8, 4) is 11.4 Å². The molecule has 2 atom stereocenters. The number of esters is 1. The first kappa shape index (κ1) is 22.1. The molecule has 7 nitrogen and oxygen atoms in total. The second-order valence-electron chi connectivity index (χ2n) is 7.31. The molecular weight excluding hydrogens is 394 g/mol. The molecule has 1 N–H and O–H groups in total. The molecule has 7 heteroatoms. The maximum absolute atomic E-state index is 12.6. The van der Waals surface area contributed by atoms with E-state index in [0.29, 0.717) is 0 Å². The molecule has 3 aromatic rings. The van der Waals surface area contributed by atoms with E-state index < -0.39 is 12.1 Å². The van der Waals surface area contributed by atoms with Crippen LogP contribution in [-0.4, -0.2) is 40.9 Å². The van der Waals surface area contributed by atoms with E-state index in [0.717, 1.165) is 18.5 Å². The number of benzene rings is 2. The van der Waals surface area contributed by atoms with Crippen molar-refractivity contribution in [2.45, 2.75) is 38.8 Å². The summed E-state index contributed by atoms with van der Waals surface area (Å²) in [6.07, 6.45) is 2.27. The Morgan fingerprint density at radius 3 is 2.32 bits per heavy atom. The van der Waals surface area contributed by atoms with Gasteiger partial charge in [-0.1, -0.05) is 48.5 Å². The molecule has 1 heterocycles. The number of methoxy groups -OCH3 is 1. The number of para-hydroxylation sites is 1. The fourth-order valence-corrected chi connectivity index (χ4v) is 3.09. The second kappa shape index (κ2) is 10.4. The number of hydrogen-bond acceptors (Lipinski definition) is 5. The topological polar surface area (TPSA) is 82.5 Å². The average molecular weight is 421 g/mol. The Kier molecular flexibility index (Phi) is 7.43. The third-order valence-corrected chi connectivity index (χ3v) is 4.87. The van der Waals surface area contributed by atoms with E-state index in [1.807, 2.05) is 55.5 Å². The van der Waals surface area contributed by atoms with Crippen molar-refractivity contribution >= 4 is 11.9 Å². The largest absolute Gasteiger partial charge is 0.493 e. The predicted octanol–water partition coefficient (Wildman–Crippen LogP) is 3.56. The molecular formula is C24H27N3O4. The van der Waals surface area contributed by atoms with Crippen LogP contribution < -0.4 is 10.1 Å².